The number of rotatable bonds is 7. The Bertz CT molecular complexity index is 1080. The van der Waals surface area contributed by atoms with Gasteiger partial charge in [0.25, 0.3) is 0 Å². The van der Waals surface area contributed by atoms with Crippen LogP contribution in [0.1, 0.15) is 23.4 Å². The summed E-state index contributed by atoms with van der Waals surface area (Å²) in [6.45, 7) is 2.60. The number of hydrogen-bond donors (Lipinski definition) is 0. The van der Waals surface area contributed by atoms with Gasteiger partial charge in [-0.2, -0.15) is 0 Å². The summed E-state index contributed by atoms with van der Waals surface area (Å²) in [4.78, 5) is 14.4. The second kappa shape index (κ2) is 9.62. The van der Waals surface area contributed by atoms with Crippen molar-refractivity contribution >= 4 is 35.0 Å². The molecule has 0 radical (unpaired) electrons. The molecule has 4 rings (SSSR count). The smallest absolute Gasteiger partial charge is 0.238 e. The highest BCUT2D eigenvalue weighted by molar-refractivity contribution is 8.00. The first kappa shape index (κ1) is 21.5. The van der Waals surface area contributed by atoms with Crippen LogP contribution in [0.15, 0.2) is 66.7 Å². The summed E-state index contributed by atoms with van der Waals surface area (Å²) in [6, 6.07) is 19.2. The molecule has 1 aliphatic rings. The van der Waals surface area contributed by atoms with Crippen LogP contribution in [0.4, 0.5) is 10.1 Å². The third-order valence-corrected chi connectivity index (χ3v) is 6.27. The van der Waals surface area contributed by atoms with E-state index in [1.165, 1.54) is 12.1 Å². The molecule has 31 heavy (non-hydrogen) atoms. The van der Waals surface area contributed by atoms with Crippen molar-refractivity contribution in [1.29, 1.82) is 0 Å². The maximum absolute atomic E-state index is 13.4. The fourth-order valence-electron chi connectivity index (χ4n) is 3.41. The molecule has 1 aliphatic heterocycles. The fourth-order valence-corrected chi connectivity index (χ4v) is 4.70. The lowest BCUT2D eigenvalue weighted by atomic mass is 10.1. The van der Waals surface area contributed by atoms with Crippen LogP contribution < -0.4 is 14.4 Å². The minimum absolute atomic E-state index is 0.0433. The van der Waals surface area contributed by atoms with E-state index in [0.717, 1.165) is 16.8 Å². The molecule has 0 N–H and O–H groups in total. The number of amides is 1. The number of anilines is 1. The van der Waals surface area contributed by atoms with Gasteiger partial charge in [-0.25, -0.2) is 4.39 Å². The largest absolute Gasteiger partial charge is 0.490 e. The van der Waals surface area contributed by atoms with Crippen molar-refractivity contribution < 1.29 is 18.7 Å². The van der Waals surface area contributed by atoms with Gasteiger partial charge in [0.05, 0.1) is 12.4 Å². The second-order valence-electron chi connectivity index (χ2n) is 6.96. The van der Waals surface area contributed by atoms with Crippen LogP contribution in [-0.4, -0.2) is 18.3 Å². The summed E-state index contributed by atoms with van der Waals surface area (Å²) in [5.41, 5.74) is 2.47. The fraction of sp³-hybridized carbons (Fsp3) is 0.208. The Morgan fingerprint density at radius 3 is 2.61 bits per heavy atom. The van der Waals surface area contributed by atoms with Gasteiger partial charge in [-0.15, -0.1) is 11.8 Å². The maximum Gasteiger partial charge on any atom is 0.238 e. The number of hydrogen-bond acceptors (Lipinski definition) is 4. The molecule has 0 aromatic heterocycles. The summed E-state index contributed by atoms with van der Waals surface area (Å²) >= 11 is 7.56. The predicted molar refractivity (Wildman–Crippen MR) is 122 cm³/mol. The van der Waals surface area contributed by atoms with Gasteiger partial charge >= 0.3 is 0 Å². The van der Waals surface area contributed by atoms with Gasteiger partial charge in [0.15, 0.2) is 11.5 Å². The number of halogens is 2. The molecule has 0 saturated carbocycles. The first-order valence-electron chi connectivity index (χ1n) is 9.88. The van der Waals surface area contributed by atoms with Gasteiger partial charge < -0.3 is 9.47 Å². The van der Waals surface area contributed by atoms with E-state index in [-0.39, 0.29) is 23.7 Å². The van der Waals surface area contributed by atoms with Crippen LogP contribution in [0.25, 0.3) is 0 Å². The Kier molecular flexibility index (Phi) is 6.68. The van der Waals surface area contributed by atoms with E-state index in [1.54, 1.807) is 34.9 Å². The van der Waals surface area contributed by atoms with Crippen molar-refractivity contribution in [3.05, 3.63) is 88.7 Å². The van der Waals surface area contributed by atoms with E-state index >= 15 is 0 Å². The molecule has 0 aliphatic carbocycles. The third-order valence-electron chi connectivity index (χ3n) is 4.81. The van der Waals surface area contributed by atoms with Crippen LogP contribution >= 0.6 is 23.4 Å². The van der Waals surface area contributed by atoms with E-state index in [4.69, 9.17) is 21.1 Å². The maximum atomic E-state index is 13.4. The number of nitrogens with zero attached hydrogens (tertiary/aromatic N) is 1. The van der Waals surface area contributed by atoms with Crippen LogP contribution in [0.5, 0.6) is 11.5 Å². The molecule has 4 nitrogen and oxygen atoms in total. The van der Waals surface area contributed by atoms with Crippen molar-refractivity contribution in [1.82, 2.24) is 0 Å². The Morgan fingerprint density at radius 1 is 1.06 bits per heavy atom. The molecule has 7 heteroatoms. The molecule has 1 amide bonds. The summed E-state index contributed by atoms with van der Waals surface area (Å²) in [5.74, 6) is 1.30. The van der Waals surface area contributed by atoms with Crippen molar-refractivity contribution in [3.8, 4) is 11.5 Å². The summed E-state index contributed by atoms with van der Waals surface area (Å²) in [5, 5.41) is 0.447. The molecule has 3 aromatic carbocycles. The zero-order valence-electron chi connectivity index (χ0n) is 16.9. The predicted octanol–water partition coefficient (Wildman–Crippen LogP) is 6.24. The molecule has 0 bridgehead atoms. The molecule has 1 saturated heterocycles. The molecular formula is C24H21ClFNO3S. The topological polar surface area (TPSA) is 38.8 Å². The summed E-state index contributed by atoms with van der Waals surface area (Å²) in [7, 11) is 0. The van der Waals surface area contributed by atoms with Crippen molar-refractivity contribution in [3.63, 3.8) is 0 Å². The Hall–Kier alpha value is -2.70. The Morgan fingerprint density at radius 2 is 1.87 bits per heavy atom. The Balaban J connectivity index is 1.58. The molecule has 1 atom stereocenters. The van der Waals surface area contributed by atoms with E-state index in [0.29, 0.717) is 28.9 Å². The minimum atomic E-state index is -0.299. The highest BCUT2D eigenvalue weighted by Crippen LogP contribution is 2.44. The molecule has 1 fully saturated rings. The molecule has 3 aromatic rings. The number of carbonyl (C=O) groups excluding carboxylic acids is 1. The number of benzene rings is 3. The molecule has 0 spiro atoms. The quantitative estimate of drug-likeness (QED) is 0.421. The van der Waals surface area contributed by atoms with Gasteiger partial charge in [-0.3, -0.25) is 9.69 Å². The molecule has 1 heterocycles. The second-order valence-corrected chi connectivity index (χ2v) is 8.47. The third kappa shape index (κ3) is 4.97. The van der Waals surface area contributed by atoms with Crippen LogP contribution in [0.2, 0.25) is 5.02 Å². The lowest BCUT2D eigenvalue weighted by Crippen LogP contribution is -2.27. The number of ether oxygens (including phenoxy) is 2. The normalized spacial score (nSPS) is 15.9. The van der Waals surface area contributed by atoms with Crippen LogP contribution in [0, 0.1) is 5.82 Å². The highest BCUT2D eigenvalue weighted by Gasteiger charge is 2.34. The average molecular weight is 458 g/mol. The zero-order chi connectivity index (χ0) is 21.8. The highest BCUT2D eigenvalue weighted by atomic mass is 35.5. The van der Waals surface area contributed by atoms with Crippen molar-refractivity contribution in [2.75, 3.05) is 17.3 Å². The van der Waals surface area contributed by atoms with Crippen molar-refractivity contribution in [2.45, 2.75) is 18.9 Å². The summed E-state index contributed by atoms with van der Waals surface area (Å²) in [6.07, 6.45) is 0. The Labute approximate surface area is 189 Å². The van der Waals surface area contributed by atoms with Crippen LogP contribution in [-0.2, 0) is 11.4 Å². The average Bonchev–Trinajstić information content (AvgIpc) is 3.15. The minimum Gasteiger partial charge on any atom is -0.490 e. The lowest BCUT2D eigenvalue weighted by Gasteiger charge is -2.25. The monoisotopic (exact) mass is 457 g/mol. The first-order chi connectivity index (χ1) is 15.0. The van der Waals surface area contributed by atoms with Gasteiger partial charge in [-0.05, 0) is 66.6 Å². The SMILES string of the molecule is CCOc1cc([C@@H]2SCC(=O)N2c2ccc(Cl)cc2)ccc1OCc1cccc(F)c1. The number of carbonyl (C=O) groups is 1. The molecule has 0 unspecified atom stereocenters. The van der Waals surface area contributed by atoms with Gasteiger partial charge in [0.2, 0.25) is 5.91 Å². The first-order valence-corrected chi connectivity index (χ1v) is 11.3. The van der Waals surface area contributed by atoms with Gasteiger partial charge in [0.1, 0.15) is 17.8 Å². The van der Waals surface area contributed by atoms with E-state index < -0.39 is 0 Å². The van der Waals surface area contributed by atoms with Gasteiger partial charge in [-0.1, -0.05) is 29.8 Å². The lowest BCUT2D eigenvalue weighted by molar-refractivity contribution is -0.115. The zero-order valence-corrected chi connectivity index (χ0v) is 18.5. The summed E-state index contributed by atoms with van der Waals surface area (Å²) < 4.78 is 25.1. The molecular weight excluding hydrogens is 437 g/mol. The standard InChI is InChI=1S/C24H21ClFNO3S/c1-2-29-22-13-17(6-11-21(22)30-14-16-4-3-5-19(26)12-16)24-27(23(28)15-31-24)20-9-7-18(25)8-10-20/h3-13,24H,2,14-15H2,1H3/t24-/m0/s1. The van der Waals surface area contributed by atoms with Crippen molar-refractivity contribution in [2.24, 2.45) is 0 Å². The number of thioether (sulfide) groups is 1. The van der Waals surface area contributed by atoms with E-state index in [2.05, 4.69) is 0 Å². The van der Waals surface area contributed by atoms with Gasteiger partial charge in [0, 0.05) is 10.7 Å². The molecule has 160 valence electrons. The van der Waals surface area contributed by atoms with Crippen LogP contribution in [0.3, 0.4) is 0 Å². The van der Waals surface area contributed by atoms with E-state index in [9.17, 15) is 9.18 Å². The van der Waals surface area contributed by atoms with E-state index in [1.807, 2.05) is 43.3 Å².